The lowest BCUT2D eigenvalue weighted by molar-refractivity contribution is 0.183. The Kier molecular flexibility index (Phi) is 7.11. The van der Waals surface area contributed by atoms with Crippen LogP contribution in [0.2, 0.25) is 0 Å². The van der Waals surface area contributed by atoms with Gasteiger partial charge in [0.15, 0.2) is 0 Å². The third-order valence-corrected chi connectivity index (χ3v) is 5.26. The molecule has 0 saturated carbocycles. The number of halogens is 1. The van der Waals surface area contributed by atoms with Crippen molar-refractivity contribution in [3.63, 3.8) is 0 Å². The Morgan fingerprint density at radius 2 is 2.00 bits per heavy atom. The largest absolute Gasteiger partial charge is 0.396 e. The summed E-state index contributed by atoms with van der Waals surface area (Å²) in [5, 5.41) is 11.2. The Balaban J connectivity index is 0.00000208. The molecule has 1 aliphatic rings. The van der Waals surface area contributed by atoms with E-state index in [4.69, 9.17) is 0 Å². The van der Waals surface area contributed by atoms with Crippen LogP contribution in [0.3, 0.4) is 0 Å². The van der Waals surface area contributed by atoms with E-state index >= 15 is 0 Å². The lowest BCUT2D eigenvalue weighted by atomic mass is 10.0. The fraction of sp³-hybridized carbons (Fsp3) is 0.579. The lowest BCUT2D eigenvalue weighted by Crippen LogP contribution is -2.37. The number of aliphatic hydroxyl groups is 1. The van der Waals surface area contributed by atoms with E-state index < -0.39 is 0 Å². The highest BCUT2D eigenvalue weighted by Gasteiger charge is 2.25. The average Bonchev–Trinajstić information content (AvgIpc) is 2.86. The summed E-state index contributed by atoms with van der Waals surface area (Å²) in [7, 11) is 0. The number of hydrogen-bond donors (Lipinski definition) is 2. The van der Waals surface area contributed by atoms with Crippen LogP contribution >= 0.6 is 12.4 Å². The van der Waals surface area contributed by atoms with Crippen molar-refractivity contribution in [2.75, 3.05) is 45.9 Å². The SMILES string of the molecule is CCN(CC)CCN1CCc2c([nH]c3ccccc23)C(CO)C1.Cl. The molecule has 0 radical (unpaired) electrons. The molecule has 0 spiro atoms. The number of likely N-dealkylation sites (N-methyl/N-ethyl adjacent to an activating group) is 1. The second kappa shape index (κ2) is 8.86. The van der Waals surface area contributed by atoms with Crippen LogP contribution < -0.4 is 0 Å². The van der Waals surface area contributed by atoms with Gasteiger partial charge in [-0.05, 0) is 31.1 Å². The van der Waals surface area contributed by atoms with Crippen molar-refractivity contribution in [1.82, 2.24) is 14.8 Å². The summed E-state index contributed by atoms with van der Waals surface area (Å²) < 4.78 is 0. The predicted octanol–water partition coefficient (Wildman–Crippen LogP) is 2.87. The van der Waals surface area contributed by atoms with Crippen LogP contribution in [0.5, 0.6) is 0 Å². The van der Waals surface area contributed by atoms with Crippen molar-refractivity contribution in [2.24, 2.45) is 0 Å². The second-order valence-corrected chi connectivity index (χ2v) is 6.52. The monoisotopic (exact) mass is 351 g/mol. The number of H-pyrrole nitrogens is 1. The predicted molar refractivity (Wildman–Crippen MR) is 103 cm³/mol. The first-order chi connectivity index (χ1) is 11.3. The maximum atomic E-state index is 9.92. The number of nitrogens with one attached hydrogen (secondary N) is 1. The first kappa shape index (κ1) is 19.3. The number of aromatic amines is 1. The minimum atomic E-state index is 0. The fourth-order valence-electron chi connectivity index (χ4n) is 3.78. The van der Waals surface area contributed by atoms with Gasteiger partial charge in [0.2, 0.25) is 0 Å². The van der Waals surface area contributed by atoms with E-state index in [-0.39, 0.29) is 24.9 Å². The Morgan fingerprint density at radius 1 is 1.25 bits per heavy atom. The van der Waals surface area contributed by atoms with Gasteiger partial charge in [-0.15, -0.1) is 12.4 Å². The molecule has 24 heavy (non-hydrogen) atoms. The van der Waals surface area contributed by atoms with E-state index in [1.54, 1.807) is 0 Å². The molecule has 4 nitrogen and oxygen atoms in total. The molecule has 0 aliphatic carbocycles. The van der Waals surface area contributed by atoms with Gasteiger partial charge in [0.1, 0.15) is 0 Å². The highest BCUT2D eigenvalue weighted by atomic mass is 35.5. The zero-order valence-corrected chi connectivity index (χ0v) is 15.6. The Labute approximate surface area is 151 Å². The van der Waals surface area contributed by atoms with E-state index in [0.717, 1.165) is 45.7 Å². The third kappa shape index (κ3) is 3.94. The van der Waals surface area contributed by atoms with Crippen LogP contribution in [0.25, 0.3) is 10.9 Å². The molecule has 1 aromatic heterocycles. The van der Waals surface area contributed by atoms with Gasteiger partial charge in [-0.1, -0.05) is 32.0 Å². The summed E-state index contributed by atoms with van der Waals surface area (Å²) in [4.78, 5) is 8.55. The molecule has 134 valence electrons. The van der Waals surface area contributed by atoms with Crippen molar-refractivity contribution in [3.8, 4) is 0 Å². The molecule has 3 rings (SSSR count). The first-order valence-electron chi connectivity index (χ1n) is 8.91. The molecule has 1 atom stereocenters. The summed E-state index contributed by atoms with van der Waals surface area (Å²) in [6.45, 7) is 11.1. The van der Waals surface area contributed by atoms with Crippen molar-refractivity contribution in [3.05, 3.63) is 35.5 Å². The standard InChI is InChI=1S/C19H29N3O.ClH/c1-3-21(4-2)11-12-22-10-9-17-16-7-5-6-8-18(16)20-19(17)15(13-22)14-23;/h5-8,15,20,23H,3-4,9-14H2,1-2H3;1H. The van der Waals surface area contributed by atoms with Crippen LogP contribution in [0.15, 0.2) is 24.3 Å². The summed E-state index contributed by atoms with van der Waals surface area (Å²) in [6.07, 6.45) is 1.06. The number of aromatic nitrogens is 1. The topological polar surface area (TPSA) is 42.5 Å². The van der Waals surface area contributed by atoms with Gasteiger partial charge in [0.25, 0.3) is 0 Å². The van der Waals surface area contributed by atoms with Crippen molar-refractivity contribution in [2.45, 2.75) is 26.2 Å². The molecule has 1 unspecified atom stereocenters. The fourth-order valence-corrected chi connectivity index (χ4v) is 3.78. The van der Waals surface area contributed by atoms with Crippen LogP contribution in [-0.2, 0) is 6.42 Å². The van der Waals surface area contributed by atoms with E-state index in [0.29, 0.717) is 0 Å². The molecule has 2 N–H and O–H groups in total. The summed E-state index contributed by atoms with van der Waals surface area (Å²) in [5.74, 6) is 0.191. The number of hydrogen-bond acceptors (Lipinski definition) is 3. The van der Waals surface area contributed by atoms with E-state index in [1.807, 2.05) is 0 Å². The molecule has 2 heterocycles. The molecule has 0 amide bonds. The second-order valence-electron chi connectivity index (χ2n) is 6.52. The lowest BCUT2D eigenvalue weighted by Gasteiger charge is -2.27. The van der Waals surface area contributed by atoms with Crippen molar-refractivity contribution in [1.29, 1.82) is 0 Å². The Hall–Kier alpha value is -1.07. The number of rotatable bonds is 6. The molecule has 0 bridgehead atoms. The van der Waals surface area contributed by atoms with Crippen LogP contribution in [0.1, 0.15) is 31.0 Å². The van der Waals surface area contributed by atoms with Gasteiger partial charge in [0, 0.05) is 48.7 Å². The number of para-hydroxylation sites is 1. The summed E-state index contributed by atoms with van der Waals surface area (Å²) in [5.41, 5.74) is 3.86. The van der Waals surface area contributed by atoms with Gasteiger partial charge in [0.05, 0.1) is 6.61 Å². The van der Waals surface area contributed by atoms with Gasteiger partial charge in [-0.25, -0.2) is 0 Å². The maximum Gasteiger partial charge on any atom is 0.0526 e. The normalized spacial score (nSPS) is 18.4. The van der Waals surface area contributed by atoms with Crippen LogP contribution in [0, 0.1) is 0 Å². The van der Waals surface area contributed by atoms with E-state index in [1.165, 1.54) is 22.2 Å². The number of fused-ring (bicyclic) bond motifs is 3. The van der Waals surface area contributed by atoms with Crippen molar-refractivity contribution >= 4 is 23.3 Å². The smallest absolute Gasteiger partial charge is 0.0526 e. The van der Waals surface area contributed by atoms with Gasteiger partial charge < -0.3 is 19.9 Å². The van der Waals surface area contributed by atoms with Crippen LogP contribution in [-0.4, -0.2) is 65.8 Å². The molecule has 5 heteroatoms. The van der Waals surface area contributed by atoms with E-state index in [2.05, 4.69) is 52.9 Å². The molecular weight excluding hydrogens is 322 g/mol. The average molecular weight is 352 g/mol. The molecule has 2 aromatic rings. The van der Waals surface area contributed by atoms with Gasteiger partial charge in [-0.2, -0.15) is 0 Å². The first-order valence-corrected chi connectivity index (χ1v) is 8.91. The Bertz CT molecular complexity index is 639. The van der Waals surface area contributed by atoms with E-state index in [9.17, 15) is 5.11 Å². The number of aliphatic hydroxyl groups excluding tert-OH is 1. The quantitative estimate of drug-likeness (QED) is 0.841. The van der Waals surface area contributed by atoms with Gasteiger partial charge >= 0.3 is 0 Å². The minimum Gasteiger partial charge on any atom is -0.396 e. The highest BCUT2D eigenvalue weighted by molar-refractivity contribution is 5.85. The molecule has 1 aliphatic heterocycles. The molecular formula is C19H30ClN3O. The highest BCUT2D eigenvalue weighted by Crippen LogP contribution is 2.31. The maximum absolute atomic E-state index is 9.92. The molecule has 0 saturated heterocycles. The Morgan fingerprint density at radius 3 is 2.71 bits per heavy atom. The van der Waals surface area contributed by atoms with Crippen LogP contribution in [0.4, 0.5) is 0 Å². The summed E-state index contributed by atoms with van der Waals surface area (Å²) in [6, 6.07) is 8.51. The molecule has 1 aromatic carbocycles. The minimum absolute atomic E-state index is 0. The van der Waals surface area contributed by atoms with Gasteiger partial charge in [-0.3, -0.25) is 0 Å². The summed E-state index contributed by atoms with van der Waals surface area (Å²) >= 11 is 0. The zero-order chi connectivity index (χ0) is 16.2. The third-order valence-electron chi connectivity index (χ3n) is 5.26. The van der Waals surface area contributed by atoms with Crippen molar-refractivity contribution < 1.29 is 5.11 Å². The molecule has 0 fully saturated rings. The number of nitrogens with zero attached hydrogens (tertiary/aromatic N) is 2. The zero-order valence-electron chi connectivity index (χ0n) is 14.8. The number of benzene rings is 1.